The minimum Gasteiger partial charge on any atom is -0.478 e. The molecule has 0 unspecified atom stereocenters. The first-order chi connectivity index (χ1) is 9.47. The fraction of sp³-hybridized carbons (Fsp3) is 0.0667. The molecule has 0 fully saturated rings. The molecule has 2 N–H and O–H groups in total. The number of nitrogens with one attached hydrogen (secondary N) is 1. The molecule has 0 saturated carbocycles. The number of anilines is 1. The maximum Gasteiger partial charge on any atom is 0.336 e. The van der Waals surface area contributed by atoms with E-state index in [-0.39, 0.29) is 11.5 Å². The maximum absolute atomic E-state index is 12.1. The Morgan fingerprint density at radius 3 is 2.55 bits per heavy atom. The predicted molar refractivity (Wildman–Crippen MR) is 80.2 cm³/mol. The van der Waals surface area contributed by atoms with E-state index in [2.05, 4.69) is 21.2 Å². The highest BCUT2D eigenvalue weighted by atomic mass is 79.9. The largest absolute Gasteiger partial charge is 0.478 e. The normalized spacial score (nSPS) is 10.1. The zero-order valence-corrected chi connectivity index (χ0v) is 12.3. The number of aryl methyl sites for hydroxylation is 1. The molecule has 0 atom stereocenters. The SMILES string of the molecule is Cc1cccc(C(=O)Nc2ccc(Br)c(C(=O)O)c2)c1. The average Bonchev–Trinajstić information content (AvgIpc) is 2.40. The van der Waals surface area contributed by atoms with Crippen molar-refractivity contribution in [1.29, 1.82) is 0 Å². The summed E-state index contributed by atoms with van der Waals surface area (Å²) in [5, 5.41) is 11.7. The Morgan fingerprint density at radius 1 is 1.15 bits per heavy atom. The highest BCUT2D eigenvalue weighted by molar-refractivity contribution is 9.10. The molecule has 0 aliphatic rings. The lowest BCUT2D eigenvalue weighted by atomic mass is 10.1. The molecular formula is C15H12BrNO3. The van der Waals surface area contributed by atoms with E-state index < -0.39 is 5.97 Å². The van der Waals surface area contributed by atoms with Crippen LogP contribution in [0, 0.1) is 6.92 Å². The summed E-state index contributed by atoms with van der Waals surface area (Å²) in [6.45, 7) is 1.90. The van der Waals surface area contributed by atoms with Crippen LogP contribution in [0.3, 0.4) is 0 Å². The number of carboxylic acid groups (broad SMARTS) is 1. The molecule has 5 heteroatoms. The van der Waals surface area contributed by atoms with Crippen LogP contribution in [0.15, 0.2) is 46.9 Å². The number of benzene rings is 2. The van der Waals surface area contributed by atoms with Crippen LogP contribution in [0.1, 0.15) is 26.3 Å². The van der Waals surface area contributed by atoms with Crippen molar-refractivity contribution in [2.24, 2.45) is 0 Å². The molecule has 0 heterocycles. The van der Waals surface area contributed by atoms with E-state index in [1.54, 1.807) is 30.3 Å². The zero-order chi connectivity index (χ0) is 14.7. The van der Waals surface area contributed by atoms with Crippen molar-refractivity contribution in [2.75, 3.05) is 5.32 Å². The third-order valence-electron chi connectivity index (χ3n) is 2.73. The lowest BCUT2D eigenvalue weighted by molar-refractivity contribution is 0.0695. The fourth-order valence-electron chi connectivity index (χ4n) is 1.76. The Kier molecular flexibility index (Phi) is 4.20. The number of carbonyl (C=O) groups excluding carboxylic acids is 1. The van der Waals surface area contributed by atoms with Gasteiger partial charge in [-0.1, -0.05) is 17.7 Å². The molecule has 2 aromatic rings. The van der Waals surface area contributed by atoms with Crippen molar-refractivity contribution in [3.63, 3.8) is 0 Å². The van der Waals surface area contributed by atoms with Crippen LogP contribution in [0.2, 0.25) is 0 Å². The predicted octanol–water partition coefficient (Wildman–Crippen LogP) is 3.71. The smallest absolute Gasteiger partial charge is 0.336 e. The summed E-state index contributed by atoms with van der Waals surface area (Å²) < 4.78 is 0.471. The minimum absolute atomic E-state index is 0.104. The highest BCUT2D eigenvalue weighted by Gasteiger charge is 2.11. The lowest BCUT2D eigenvalue weighted by Gasteiger charge is -2.07. The molecular weight excluding hydrogens is 322 g/mol. The summed E-state index contributed by atoms with van der Waals surface area (Å²) in [6, 6.07) is 11.8. The number of amides is 1. The molecule has 2 aromatic carbocycles. The van der Waals surface area contributed by atoms with Crippen LogP contribution in [0.25, 0.3) is 0 Å². The van der Waals surface area contributed by atoms with E-state index >= 15 is 0 Å². The maximum atomic E-state index is 12.1. The Morgan fingerprint density at radius 2 is 1.90 bits per heavy atom. The van der Waals surface area contributed by atoms with Gasteiger partial charge in [-0.2, -0.15) is 0 Å². The van der Waals surface area contributed by atoms with Gasteiger partial charge in [0.05, 0.1) is 5.56 Å². The summed E-state index contributed by atoms with van der Waals surface area (Å²) in [6.07, 6.45) is 0. The van der Waals surface area contributed by atoms with Gasteiger partial charge in [0, 0.05) is 15.7 Å². The molecule has 0 aromatic heterocycles. The molecule has 1 amide bonds. The van der Waals surface area contributed by atoms with Gasteiger partial charge in [0.15, 0.2) is 0 Å². The van der Waals surface area contributed by atoms with Crippen LogP contribution in [0.4, 0.5) is 5.69 Å². The van der Waals surface area contributed by atoms with Gasteiger partial charge < -0.3 is 10.4 Å². The first-order valence-corrected chi connectivity index (χ1v) is 6.67. The summed E-state index contributed by atoms with van der Waals surface area (Å²) in [7, 11) is 0. The van der Waals surface area contributed by atoms with Crippen molar-refractivity contribution in [3.8, 4) is 0 Å². The first-order valence-electron chi connectivity index (χ1n) is 5.88. The number of halogens is 1. The molecule has 0 spiro atoms. The lowest BCUT2D eigenvalue weighted by Crippen LogP contribution is -2.12. The van der Waals surface area contributed by atoms with E-state index in [1.165, 1.54) is 6.07 Å². The number of rotatable bonds is 3. The van der Waals surface area contributed by atoms with Gasteiger partial charge in [-0.05, 0) is 53.2 Å². The molecule has 2 rings (SSSR count). The molecule has 102 valence electrons. The summed E-state index contributed by atoms with van der Waals surface area (Å²) >= 11 is 3.16. The zero-order valence-electron chi connectivity index (χ0n) is 10.7. The highest BCUT2D eigenvalue weighted by Crippen LogP contribution is 2.21. The molecule has 4 nitrogen and oxygen atoms in total. The van der Waals surface area contributed by atoms with Gasteiger partial charge in [-0.3, -0.25) is 4.79 Å². The molecule has 20 heavy (non-hydrogen) atoms. The Bertz CT molecular complexity index is 683. The third kappa shape index (κ3) is 3.24. The van der Waals surface area contributed by atoms with Crippen molar-refractivity contribution < 1.29 is 14.7 Å². The van der Waals surface area contributed by atoms with Crippen LogP contribution in [0.5, 0.6) is 0 Å². The van der Waals surface area contributed by atoms with Gasteiger partial charge >= 0.3 is 5.97 Å². The molecule has 0 bridgehead atoms. The minimum atomic E-state index is -1.05. The summed E-state index contributed by atoms with van der Waals surface area (Å²) in [4.78, 5) is 23.1. The topological polar surface area (TPSA) is 66.4 Å². The number of aromatic carboxylic acids is 1. The Labute approximate surface area is 124 Å². The first kappa shape index (κ1) is 14.3. The quantitative estimate of drug-likeness (QED) is 0.899. The number of carboxylic acids is 1. The second kappa shape index (κ2) is 5.88. The second-order valence-corrected chi connectivity index (χ2v) is 5.18. The number of carbonyl (C=O) groups is 2. The van der Waals surface area contributed by atoms with Crippen LogP contribution < -0.4 is 5.32 Å². The van der Waals surface area contributed by atoms with Gasteiger partial charge in [0.25, 0.3) is 5.91 Å². The van der Waals surface area contributed by atoms with Crippen LogP contribution in [-0.4, -0.2) is 17.0 Å². The molecule has 0 aliphatic heterocycles. The van der Waals surface area contributed by atoms with Gasteiger partial charge in [0.1, 0.15) is 0 Å². The summed E-state index contributed by atoms with van der Waals surface area (Å²) in [5.41, 5.74) is 2.06. The molecule has 0 saturated heterocycles. The van der Waals surface area contributed by atoms with E-state index in [1.807, 2.05) is 13.0 Å². The van der Waals surface area contributed by atoms with E-state index in [9.17, 15) is 9.59 Å². The fourth-order valence-corrected chi connectivity index (χ4v) is 2.17. The monoisotopic (exact) mass is 333 g/mol. The Hall–Kier alpha value is -2.14. The average molecular weight is 334 g/mol. The second-order valence-electron chi connectivity index (χ2n) is 4.32. The number of hydrogen-bond acceptors (Lipinski definition) is 2. The number of hydrogen-bond donors (Lipinski definition) is 2. The van der Waals surface area contributed by atoms with E-state index in [0.717, 1.165) is 5.56 Å². The van der Waals surface area contributed by atoms with E-state index in [0.29, 0.717) is 15.7 Å². The van der Waals surface area contributed by atoms with Crippen LogP contribution >= 0.6 is 15.9 Å². The Balaban J connectivity index is 2.24. The molecule has 0 aliphatic carbocycles. The standard InChI is InChI=1S/C15H12BrNO3/c1-9-3-2-4-10(7-9)14(18)17-11-5-6-13(16)12(8-11)15(19)20/h2-8H,1H3,(H,17,18)(H,19,20). The van der Waals surface area contributed by atoms with Gasteiger partial charge in [-0.15, -0.1) is 0 Å². The third-order valence-corrected chi connectivity index (χ3v) is 3.43. The van der Waals surface area contributed by atoms with Crippen molar-refractivity contribution in [3.05, 3.63) is 63.6 Å². The molecule has 0 radical (unpaired) electrons. The van der Waals surface area contributed by atoms with Crippen molar-refractivity contribution in [1.82, 2.24) is 0 Å². The van der Waals surface area contributed by atoms with Gasteiger partial charge in [0.2, 0.25) is 0 Å². The van der Waals surface area contributed by atoms with Crippen LogP contribution in [-0.2, 0) is 0 Å². The summed E-state index contributed by atoms with van der Waals surface area (Å²) in [5.74, 6) is -1.32. The van der Waals surface area contributed by atoms with E-state index in [4.69, 9.17) is 5.11 Å². The van der Waals surface area contributed by atoms with Crippen molar-refractivity contribution in [2.45, 2.75) is 6.92 Å². The van der Waals surface area contributed by atoms with Gasteiger partial charge in [-0.25, -0.2) is 4.79 Å². The van der Waals surface area contributed by atoms with Crippen molar-refractivity contribution >= 4 is 33.5 Å².